The van der Waals surface area contributed by atoms with Crippen molar-refractivity contribution >= 4 is 120 Å². The highest BCUT2D eigenvalue weighted by molar-refractivity contribution is 7.92. The van der Waals surface area contributed by atoms with Crippen LogP contribution in [0.4, 0.5) is 11.4 Å². The summed E-state index contributed by atoms with van der Waals surface area (Å²) in [6, 6.07) is 60.0. The van der Waals surface area contributed by atoms with Gasteiger partial charge in [-0.2, -0.15) is 0 Å². The van der Waals surface area contributed by atoms with E-state index in [0.29, 0.717) is 38.1 Å². The standard InChI is InChI=1S/C13H12ClNO2S.C10H12O2.2C10H14.C9H12ClN.C9H11ClO.C8H7ClO2.2C8H9ClO.2C7H7ClO/c1-10-7-8-11(9-13(10)14)15-18(16,17)12-5-3-2-4-6-12;1-7-4-10(12-3)5-9(6-11)8(7)2;2*1-7-5-6-8(2)10(4)9(7)3;1-7-4-5-8(11(2)3)6-9(7)10;1-6-7(2)9(11-3)5-4-8(6)10;1-5-2-7-8(3-6(5)9)11-4-10-7;1-6-5-7(10-2)3-4-8(6)9;1-6-3-4-7(10-2)5-8(6)9;1-5-4-6(9)2-3-7(5)8;1-5-2-3-6(9)4-7(5)8/h2-9,15H,1H3;4-6H,1-3H3;2*5-6H,1-4H3;4-6H,1-3H3;4-5H,1-3H3;2-3H,4H2,1H3;2*3-5H,1-2H3;2*2-4,9H,1H3. The number of aryl methyl sites for hydroxylation is 12. The highest BCUT2D eigenvalue weighted by atomic mass is 35.5. The number of benzene rings is 12. The van der Waals surface area contributed by atoms with E-state index in [9.17, 15) is 13.2 Å². The fourth-order valence-electron chi connectivity index (χ4n) is 10.3. The van der Waals surface area contributed by atoms with Crippen molar-refractivity contribution in [2.45, 2.75) is 136 Å². The zero-order valence-electron chi connectivity index (χ0n) is 73.8. The van der Waals surface area contributed by atoms with Gasteiger partial charge in [0.2, 0.25) is 6.79 Å². The first-order valence-corrected chi connectivity index (χ1v) is 42.7. The van der Waals surface area contributed by atoms with Gasteiger partial charge in [-0.1, -0.05) is 160 Å². The van der Waals surface area contributed by atoms with Gasteiger partial charge in [-0.3, -0.25) is 9.52 Å². The van der Waals surface area contributed by atoms with Gasteiger partial charge in [-0.25, -0.2) is 8.42 Å². The third-order valence-electron chi connectivity index (χ3n) is 19.4. The van der Waals surface area contributed by atoms with Crippen LogP contribution in [-0.2, 0) is 10.0 Å². The van der Waals surface area contributed by atoms with Gasteiger partial charge < -0.3 is 43.5 Å². The van der Waals surface area contributed by atoms with Crippen molar-refractivity contribution in [3.05, 3.63) is 352 Å². The van der Waals surface area contributed by atoms with Crippen molar-refractivity contribution in [1.29, 1.82) is 0 Å². The largest absolute Gasteiger partial charge is 0.508 e. The maximum absolute atomic E-state index is 12.0. The van der Waals surface area contributed by atoms with Crippen molar-refractivity contribution in [3.8, 4) is 46.0 Å². The monoisotopic (exact) mass is 1820 g/mol. The Morgan fingerprint density at radius 2 is 0.727 bits per heavy atom. The van der Waals surface area contributed by atoms with E-state index >= 15 is 0 Å². The number of hydrogen-bond acceptors (Lipinski definition) is 12. The number of phenols is 2. The zero-order chi connectivity index (χ0) is 91.3. The quantitative estimate of drug-likeness (QED) is 0.117. The summed E-state index contributed by atoms with van der Waals surface area (Å²) in [7, 11) is 6.98. The number of aromatic hydroxyl groups is 2. The first-order valence-electron chi connectivity index (χ1n) is 38.2. The fourth-order valence-corrected chi connectivity index (χ4v) is 12.6. The first kappa shape index (κ1) is 106. The molecule has 0 unspecified atom stereocenters. The van der Waals surface area contributed by atoms with Gasteiger partial charge >= 0.3 is 0 Å². The maximum atomic E-state index is 12.0. The van der Waals surface area contributed by atoms with E-state index in [1.807, 2.05) is 162 Å². The Morgan fingerprint density at radius 3 is 1.17 bits per heavy atom. The fraction of sp³-hybridized carbons (Fsp3) is 0.263. The molecule has 1 aliphatic rings. The predicted molar refractivity (Wildman–Crippen MR) is 514 cm³/mol. The Bertz CT molecular complexity index is 5230. The van der Waals surface area contributed by atoms with Gasteiger partial charge in [0.1, 0.15) is 40.8 Å². The molecule has 121 heavy (non-hydrogen) atoms. The Kier molecular flexibility index (Phi) is 46.2. The number of hydrogen-bond donors (Lipinski definition) is 3. The molecule has 0 saturated heterocycles. The number of ether oxygens (including phenoxy) is 6. The first-order chi connectivity index (χ1) is 56.8. The van der Waals surface area contributed by atoms with Gasteiger partial charge in [0.25, 0.3) is 10.0 Å². The smallest absolute Gasteiger partial charge is 0.261 e. The number of aldehydes is 1. The van der Waals surface area contributed by atoms with E-state index in [1.54, 1.807) is 113 Å². The normalized spacial score (nSPS) is 10.3. The van der Waals surface area contributed by atoms with Crippen molar-refractivity contribution in [2.24, 2.45) is 0 Å². The topological polar surface area (TPSA) is 162 Å². The highest BCUT2D eigenvalue weighted by Gasteiger charge is 2.16. The number of sulfonamides is 1. The lowest BCUT2D eigenvalue weighted by molar-refractivity contribution is 0.112. The number of methoxy groups -OCH3 is 4. The molecule has 0 bridgehead atoms. The van der Waals surface area contributed by atoms with E-state index in [-0.39, 0.29) is 16.4 Å². The number of anilines is 2. The molecule has 0 saturated carbocycles. The molecule has 13 nitrogen and oxygen atoms in total. The van der Waals surface area contributed by atoms with Crippen LogP contribution in [-0.4, -0.2) is 74.2 Å². The predicted octanol–water partition coefficient (Wildman–Crippen LogP) is 29.5. The van der Waals surface area contributed by atoms with Crippen LogP contribution in [0.25, 0.3) is 0 Å². The molecule has 12 aromatic carbocycles. The molecule has 1 heterocycles. The van der Waals surface area contributed by atoms with Crippen LogP contribution in [0.15, 0.2) is 205 Å². The minimum Gasteiger partial charge on any atom is -0.508 e. The molecule has 0 spiro atoms. The second-order valence-electron chi connectivity index (χ2n) is 28.4. The second-order valence-corrected chi connectivity index (χ2v) is 33.4. The van der Waals surface area contributed by atoms with Gasteiger partial charge in [0.15, 0.2) is 11.5 Å². The average Bonchev–Trinajstić information content (AvgIpc) is 1.06. The molecular formula is C99H114Cl8N2O11S. The van der Waals surface area contributed by atoms with E-state index in [4.69, 9.17) is 131 Å². The number of rotatable bonds is 9. The molecule has 1 aliphatic heterocycles. The van der Waals surface area contributed by atoms with Crippen molar-refractivity contribution < 1.29 is 51.8 Å². The average molecular weight is 1820 g/mol. The molecule has 0 aromatic heterocycles. The lowest BCUT2D eigenvalue weighted by Crippen LogP contribution is -2.12. The SMILES string of the molecule is COc1cc(C)c(C)c(C=O)c1.COc1ccc(C)c(Cl)c1.COc1ccc(Cl)c(C)c1.COc1ccc(Cl)c(C)c1C.Cc1cc(O)ccc1Cl.Cc1cc2c(cc1Cl)OCO2.Cc1ccc(C)c(C)c1C.Cc1ccc(C)c(C)c1C.Cc1ccc(N(C)C)cc1Cl.Cc1ccc(NS(=O)(=O)c2ccccc2)cc1Cl.Cc1ccc(O)cc1Cl. The van der Waals surface area contributed by atoms with Crippen LogP contribution in [0.1, 0.15) is 116 Å². The van der Waals surface area contributed by atoms with Gasteiger partial charge in [0, 0.05) is 71.6 Å². The van der Waals surface area contributed by atoms with Crippen LogP contribution in [0.3, 0.4) is 0 Å². The molecule has 0 atom stereocenters. The summed E-state index contributed by atoms with van der Waals surface area (Å²) < 4.78 is 57.0. The number of halogens is 8. The number of carbonyl (C=O) groups is 1. The Hall–Kier alpha value is -9.42. The second kappa shape index (κ2) is 52.8. The van der Waals surface area contributed by atoms with Gasteiger partial charge in [0.05, 0.1) is 39.0 Å². The van der Waals surface area contributed by atoms with E-state index < -0.39 is 10.0 Å². The summed E-state index contributed by atoms with van der Waals surface area (Å²) in [4.78, 5) is 12.8. The van der Waals surface area contributed by atoms with Gasteiger partial charge in [-0.05, 0) is 365 Å². The lowest BCUT2D eigenvalue weighted by atomic mass is 10.0. The molecular weight excluding hydrogens is 1710 g/mol. The minimum absolute atomic E-state index is 0.214. The van der Waals surface area contributed by atoms with E-state index in [2.05, 4.69) is 90.4 Å². The molecule has 3 N–H and O–H groups in total. The molecule has 0 aliphatic carbocycles. The lowest BCUT2D eigenvalue weighted by Gasteiger charge is -2.12. The minimum atomic E-state index is -3.55. The summed E-state index contributed by atoms with van der Waals surface area (Å²) in [5.74, 6) is 5.28. The summed E-state index contributed by atoms with van der Waals surface area (Å²) in [6.45, 7) is 39.0. The van der Waals surface area contributed by atoms with Crippen molar-refractivity contribution in [1.82, 2.24) is 0 Å². The summed E-state index contributed by atoms with van der Waals surface area (Å²) >= 11 is 46.5. The Balaban J connectivity index is 0.000000346. The number of nitrogens with one attached hydrogen (secondary N) is 1. The third-order valence-corrected chi connectivity index (χ3v) is 24.1. The van der Waals surface area contributed by atoms with Crippen molar-refractivity contribution in [3.63, 3.8) is 0 Å². The molecule has 0 radical (unpaired) electrons. The highest BCUT2D eigenvalue weighted by Crippen LogP contribution is 2.37. The Morgan fingerprint density at radius 1 is 0.339 bits per heavy atom. The zero-order valence-corrected chi connectivity index (χ0v) is 80.6. The van der Waals surface area contributed by atoms with Crippen LogP contribution in [0.5, 0.6) is 46.0 Å². The summed E-state index contributed by atoms with van der Waals surface area (Å²) in [5, 5.41) is 23.4. The van der Waals surface area contributed by atoms with Crippen LogP contribution >= 0.6 is 92.8 Å². The molecule has 648 valence electrons. The van der Waals surface area contributed by atoms with Gasteiger partial charge in [-0.15, -0.1) is 0 Å². The van der Waals surface area contributed by atoms with E-state index in [1.165, 1.54) is 62.7 Å². The number of carbonyl (C=O) groups excluding carboxylic acids is 1. The van der Waals surface area contributed by atoms with Crippen molar-refractivity contribution in [2.75, 3.05) is 58.9 Å². The number of fused-ring (bicyclic) bond motifs is 1. The summed E-state index contributed by atoms with van der Waals surface area (Å²) in [5.41, 5.74) is 24.9. The number of nitrogens with zero attached hydrogens (tertiary/aromatic N) is 1. The van der Waals surface area contributed by atoms with Crippen LogP contribution < -0.4 is 38.0 Å². The molecule has 13 rings (SSSR count). The molecule has 0 amide bonds. The third kappa shape index (κ3) is 35.9. The van der Waals surface area contributed by atoms with Crippen LogP contribution in [0.2, 0.25) is 40.2 Å². The summed E-state index contributed by atoms with van der Waals surface area (Å²) in [6.07, 6.45) is 0.852. The van der Waals surface area contributed by atoms with E-state index in [0.717, 1.165) is 128 Å². The molecule has 22 heteroatoms. The number of phenolic OH excluding ortho intramolecular Hbond substituents is 2. The van der Waals surface area contributed by atoms with Crippen LogP contribution in [0, 0.1) is 132 Å². The molecule has 0 fully saturated rings. The molecule has 12 aromatic rings. The Labute approximate surface area is 759 Å². The maximum Gasteiger partial charge on any atom is 0.261 e.